The van der Waals surface area contributed by atoms with Gasteiger partial charge in [-0.3, -0.25) is 0 Å². The van der Waals surface area contributed by atoms with Gasteiger partial charge in [-0.2, -0.15) is 0 Å². The molecule has 8 heteroatoms. The van der Waals surface area contributed by atoms with Crippen LogP contribution in [0, 0.1) is 0 Å². The summed E-state index contributed by atoms with van der Waals surface area (Å²) < 4.78 is 0. The minimum absolute atomic E-state index is 0.538. The summed E-state index contributed by atoms with van der Waals surface area (Å²) in [5.74, 6) is 0. The SMILES string of the molecule is CN1c2cc3ncccc3cc2P(C2CCCCC2)c2cc3ncccc3cc2N(C)c2cc3cccnc3cc2[PH](C)(C2CCCCC2)c2cc3cccnc3cc21. The second-order valence-corrected chi connectivity index (χ2v) is 24.3. The van der Waals surface area contributed by atoms with Crippen LogP contribution in [0.3, 0.4) is 0 Å². The Morgan fingerprint density at radius 2 is 0.898 bits per heavy atom. The van der Waals surface area contributed by atoms with E-state index in [-0.39, 0.29) is 0 Å². The zero-order chi connectivity index (χ0) is 39.7. The van der Waals surface area contributed by atoms with Crippen molar-refractivity contribution in [3.05, 3.63) is 122 Å². The molecule has 0 spiro atoms. The van der Waals surface area contributed by atoms with Gasteiger partial charge in [0.25, 0.3) is 0 Å². The fraction of sp³-hybridized carbons (Fsp3) is 0.294. The normalized spacial score (nSPS) is 19.4. The van der Waals surface area contributed by atoms with Crippen LogP contribution in [0.25, 0.3) is 43.6 Å². The maximum absolute atomic E-state index is 5.06. The third-order valence-electron chi connectivity index (χ3n) is 14.3. The van der Waals surface area contributed by atoms with Crippen molar-refractivity contribution in [2.75, 3.05) is 30.6 Å². The van der Waals surface area contributed by atoms with Crippen molar-refractivity contribution in [2.24, 2.45) is 0 Å². The van der Waals surface area contributed by atoms with Gasteiger partial charge in [0.2, 0.25) is 0 Å². The molecule has 0 bridgehead atoms. The Kier molecular flexibility index (Phi) is 9.35. The van der Waals surface area contributed by atoms with Crippen LogP contribution in [0.5, 0.6) is 0 Å². The Hall–Kier alpha value is -5.02. The molecule has 1 aliphatic heterocycles. The summed E-state index contributed by atoms with van der Waals surface area (Å²) in [5.41, 5.74) is 10.5. The summed E-state index contributed by atoms with van der Waals surface area (Å²) in [4.78, 5) is 25.3. The van der Waals surface area contributed by atoms with Crippen LogP contribution in [-0.2, 0) is 0 Å². The molecule has 11 rings (SSSR count). The van der Waals surface area contributed by atoms with Gasteiger partial charge in [0.15, 0.2) is 0 Å². The Morgan fingerprint density at radius 1 is 0.475 bits per heavy atom. The molecule has 8 aromatic rings. The van der Waals surface area contributed by atoms with Gasteiger partial charge >= 0.3 is 351 Å². The van der Waals surface area contributed by atoms with Crippen molar-refractivity contribution in [1.29, 1.82) is 0 Å². The van der Waals surface area contributed by atoms with Crippen LogP contribution in [0.2, 0.25) is 0 Å². The molecule has 5 heterocycles. The standard InChI is InChI=1S/C51H52N6P2/c1-56-44-26-34-14-10-24-54-42(34)32-49(44)58(38-18-6-4-7-19-38)48-28-36-16-12-22-52-40(36)30-45(48)57(2)47-31-41-37(17-13-23-53-41)29-50(47)59(3,39-20-8-5-9-21-39)51-33-43-35(27-46(51)56)15-11-25-55-43/h10-17,22-33,38-39,59H,4-9,18-21H2,1-3H3. The molecular weight excluding hydrogens is 759 g/mol. The van der Waals surface area contributed by atoms with E-state index in [0.717, 1.165) is 22.1 Å². The van der Waals surface area contributed by atoms with Crippen molar-refractivity contribution in [2.45, 2.75) is 75.5 Å². The van der Waals surface area contributed by atoms with E-state index in [9.17, 15) is 0 Å². The van der Waals surface area contributed by atoms with Gasteiger partial charge in [0, 0.05) is 0 Å². The fourth-order valence-electron chi connectivity index (χ4n) is 11.1. The first-order valence-corrected chi connectivity index (χ1v) is 25.8. The number of pyridine rings is 4. The van der Waals surface area contributed by atoms with E-state index in [1.54, 1.807) is 0 Å². The van der Waals surface area contributed by atoms with E-state index >= 15 is 0 Å². The Balaban J connectivity index is 1.33. The molecule has 1 unspecified atom stereocenters. The molecule has 6 nitrogen and oxygen atoms in total. The van der Waals surface area contributed by atoms with Gasteiger partial charge in [0.05, 0.1) is 0 Å². The van der Waals surface area contributed by atoms with Gasteiger partial charge in [-0.05, 0) is 0 Å². The average molecular weight is 811 g/mol. The molecule has 0 radical (unpaired) electrons. The van der Waals surface area contributed by atoms with E-state index in [0.29, 0.717) is 11.3 Å². The first kappa shape index (κ1) is 37.0. The quantitative estimate of drug-likeness (QED) is 0.162. The second-order valence-electron chi connectivity index (χ2n) is 17.5. The third-order valence-corrected chi connectivity index (χ3v) is 22.5. The molecule has 1 atom stereocenters. The summed E-state index contributed by atoms with van der Waals surface area (Å²) in [7, 11) is 1.19. The van der Waals surface area contributed by atoms with Crippen molar-refractivity contribution in [3.63, 3.8) is 0 Å². The number of aromatic nitrogens is 4. The first-order valence-electron chi connectivity index (χ1n) is 21.8. The molecule has 2 fully saturated rings. The number of anilines is 4. The van der Waals surface area contributed by atoms with Crippen molar-refractivity contribution in [1.82, 2.24) is 19.9 Å². The molecule has 4 aromatic carbocycles. The van der Waals surface area contributed by atoms with Gasteiger partial charge in [-0.1, -0.05) is 0 Å². The molecule has 2 saturated carbocycles. The Labute approximate surface area is 349 Å². The van der Waals surface area contributed by atoms with Crippen molar-refractivity contribution < 1.29 is 0 Å². The predicted octanol–water partition coefficient (Wildman–Crippen LogP) is 11.2. The van der Waals surface area contributed by atoms with Crippen molar-refractivity contribution in [3.8, 4) is 0 Å². The summed E-state index contributed by atoms with van der Waals surface area (Å²) >= 11 is 0. The molecule has 0 saturated heterocycles. The molecular formula is C51H52N6P2. The van der Waals surface area contributed by atoms with Gasteiger partial charge < -0.3 is 0 Å². The maximum atomic E-state index is 5.06. The molecule has 296 valence electrons. The van der Waals surface area contributed by atoms with Crippen LogP contribution in [0.15, 0.2) is 122 Å². The number of hydrogen-bond acceptors (Lipinski definition) is 6. The van der Waals surface area contributed by atoms with Crippen LogP contribution < -0.4 is 31.0 Å². The van der Waals surface area contributed by atoms with E-state index in [4.69, 9.17) is 19.9 Å². The van der Waals surface area contributed by atoms with E-state index in [2.05, 4.69) is 128 Å². The molecule has 3 aliphatic rings. The molecule has 0 amide bonds. The van der Waals surface area contributed by atoms with Crippen LogP contribution in [0.4, 0.5) is 22.7 Å². The summed E-state index contributed by atoms with van der Waals surface area (Å²) in [5, 5.41) is 10.6. The van der Waals surface area contributed by atoms with E-state index in [1.807, 2.05) is 24.8 Å². The van der Waals surface area contributed by atoms with Gasteiger partial charge in [-0.15, -0.1) is 0 Å². The fourth-order valence-corrected chi connectivity index (χ4v) is 19.7. The second kappa shape index (κ2) is 14.9. The molecule has 2 aliphatic carbocycles. The average Bonchev–Trinajstić information content (AvgIpc) is 3.30. The van der Waals surface area contributed by atoms with Gasteiger partial charge in [0.1, 0.15) is 0 Å². The zero-order valence-electron chi connectivity index (χ0n) is 34.4. The van der Waals surface area contributed by atoms with Crippen LogP contribution in [0.1, 0.15) is 64.2 Å². The summed E-state index contributed by atoms with van der Waals surface area (Å²) in [6, 6.07) is 37.3. The van der Waals surface area contributed by atoms with Crippen LogP contribution in [-0.4, -0.2) is 52.0 Å². The number of fused-ring (bicyclic) bond motifs is 8. The summed E-state index contributed by atoms with van der Waals surface area (Å²) in [6.07, 6.45) is 20.5. The monoisotopic (exact) mass is 810 g/mol. The first-order chi connectivity index (χ1) is 29.0. The Morgan fingerprint density at radius 3 is 1.51 bits per heavy atom. The Bertz CT molecular complexity index is 2720. The predicted molar refractivity (Wildman–Crippen MR) is 257 cm³/mol. The topological polar surface area (TPSA) is 58.0 Å². The number of benzene rings is 4. The van der Waals surface area contributed by atoms with Gasteiger partial charge in [-0.25, -0.2) is 0 Å². The van der Waals surface area contributed by atoms with E-state index in [1.165, 1.54) is 130 Å². The van der Waals surface area contributed by atoms with Crippen molar-refractivity contribution >= 4 is 103 Å². The number of nitrogens with zero attached hydrogens (tertiary/aromatic N) is 6. The number of rotatable bonds is 2. The minimum atomic E-state index is -2.64. The molecule has 0 N–H and O–H groups in total. The van der Waals surface area contributed by atoms with E-state index < -0.39 is 15.2 Å². The summed E-state index contributed by atoms with van der Waals surface area (Å²) in [6.45, 7) is 2.70. The molecule has 4 aromatic heterocycles. The zero-order valence-corrected chi connectivity index (χ0v) is 36.3. The third kappa shape index (κ3) is 6.20. The van der Waals surface area contributed by atoms with Crippen LogP contribution >= 0.6 is 15.2 Å². The number of hydrogen-bond donors (Lipinski definition) is 0. The molecule has 59 heavy (non-hydrogen) atoms.